The van der Waals surface area contributed by atoms with Crippen molar-refractivity contribution in [3.8, 4) is 0 Å². The van der Waals surface area contributed by atoms with Crippen LogP contribution in [0.25, 0.3) is 0 Å². The maximum Gasteiger partial charge on any atom is 0.267 e. The van der Waals surface area contributed by atoms with Gasteiger partial charge in [-0.1, -0.05) is 0 Å². The maximum atomic E-state index is 12.4. The number of aromatic amines is 2. The van der Waals surface area contributed by atoms with Crippen LogP contribution in [0.5, 0.6) is 0 Å². The van der Waals surface area contributed by atoms with Gasteiger partial charge in [0.2, 0.25) is 5.91 Å². The number of rotatable bonds is 2. The van der Waals surface area contributed by atoms with E-state index in [-0.39, 0.29) is 17.9 Å². The van der Waals surface area contributed by atoms with Crippen molar-refractivity contribution in [3.05, 3.63) is 21.6 Å². The molecule has 104 valence electrons. The minimum absolute atomic E-state index is 0.0756. The van der Waals surface area contributed by atoms with Crippen molar-refractivity contribution in [2.75, 3.05) is 19.6 Å². The molecular weight excluding hydrogens is 244 g/mol. The minimum atomic E-state index is -0.177. The van der Waals surface area contributed by atoms with Gasteiger partial charge in [0.25, 0.3) is 5.56 Å². The number of aromatic nitrogens is 2. The van der Waals surface area contributed by atoms with Crippen LogP contribution in [-0.2, 0) is 11.2 Å². The SMILES string of the molecule is Cc1[nH][nH]c(=O)c1CC(=O)N1C[C@@H]2CC[C@H]1CNC2. The molecule has 2 bridgehead atoms. The highest BCUT2D eigenvalue weighted by Crippen LogP contribution is 2.24. The minimum Gasteiger partial charge on any atom is -0.338 e. The summed E-state index contributed by atoms with van der Waals surface area (Å²) in [5, 5.41) is 8.71. The van der Waals surface area contributed by atoms with Gasteiger partial charge in [0.15, 0.2) is 0 Å². The molecule has 4 heterocycles. The second-order valence-electron chi connectivity index (χ2n) is 5.66. The highest BCUT2D eigenvalue weighted by Gasteiger charge is 2.34. The number of hydrogen-bond donors (Lipinski definition) is 3. The third kappa shape index (κ3) is 2.32. The van der Waals surface area contributed by atoms with Crippen LogP contribution in [0.4, 0.5) is 0 Å². The molecule has 3 aliphatic rings. The van der Waals surface area contributed by atoms with Crippen LogP contribution in [0.2, 0.25) is 0 Å². The fraction of sp³-hybridized carbons (Fsp3) is 0.692. The predicted octanol–water partition coefficient (Wildman–Crippen LogP) is -0.236. The molecule has 0 unspecified atom stereocenters. The fourth-order valence-corrected chi connectivity index (χ4v) is 3.18. The number of hydrogen-bond acceptors (Lipinski definition) is 3. The molecule has 0 radical (unpaired) electrons. The molecule has 3 N–H and O–H groups in total. The first kappa shape index (κ1) is 12.5. The topological polar surface area (TPSA) is 81.0 Å². The summed E-state index contributed by atoms with van der Waals surface area (Å²) >= 11 is 0. The smallest absolute Gasteiger partial charge is 0.267 e. The van der Waals surface area contributed by atoms with Gasteiger partial charge < -0.3 is 15.3 Å². The zero-order valence-electron chi connectivity index (χ0n) is 11.2. The highest BCUT2D eigenvalue weighted by atomic mass is 16.2. The molecule has 4 rings (SSSR count). The Hall–Kier alpha value is -1.56. The van der Waals surface area contributed by atoms with Gasteiger partial charge in [-0.2, -0.15) is 0 Å². The number of H-pyrrole nitrogens is 2. The van der Waals surface area contributed by atoms with Crippen molar-refractivity contribution < 1.29 is 4.79 Å². The fourth-order valence-electron chi connectivity index (χ4n) is 3.18. The molecule has 3 fully saturated rings. The van der Waals surface area contributed by atoms with E-state index in [4.69, 9.17) is 0 Å². The molecule has 0 saturated carbocycles. The summed E-state index contributed by atoms with van der Waals surface area (Å²) in [6.07, 6.45) is 2.48. The van der Waals surface area contributed by atoms with Gasteiger partial charge in [0.05, 0.1) is 6.42 Å². The second kappa shape index (κ2) is 4.85. The first-order chi connectivity index (χ1) is 9.15. The number of nitrogens with zero attached hydrogens (tertiary/aromatic N) is 1. The van der Waals surface area contributed by atoms with Gasteiger partial charge in [-0.3, -0.25) is 14.7 Å². The molecule has 1 aromatic rings. The number of carbonyl (C=O) groups excluding carboxylic acids is 1. The Labute approximate surface area is 111 Å². The van der Waals surface area contributed by atoms with Crippen molar-refractivity contribution in [2.45, 2.75) is 32.2 Å². The zero-order valence-corrected chi connectivity index (χ0v) is 11.2. The largest absolute Gasteiger partial charge is 0.338 e. The average Bonchev–Trinajstić information content (AvgIpc) is 2.66. The number of aryl methyl sites for hydroxylation is 1. The van der Waals surface area contributed by atoms with Crippen LogP contribution in [-0.4, -0.2) is 46.7 Å². The first-order valence-electron chi connectivity index (χ1n) is 6.91. The highest BCUT2D eigenvalue weighted by molar-refractivity contribution is 5.79. The number of piperidine rings is 1. The summed E-state index contributed by atoms with van der Waals surface area (Å²) in [4.78, 5) is 26.0. The lowest BCUT2D eigenvalue weighted by atomic mass is 9.94. The molecule has 0 aliphatic carbocycles. The van der Waals surface area contributed by atoms with Crippen molar-refractivity contribution in [1.82, 2.24) is 20.4 Å². The number of carbonyl (C=O) groups is 1. The molecule has 19 heavy (non-hydrogen) atoms. The van der Waals surface area contributed by atoms with Crippen LogP contribution in [0, 0.1) is 12.8 Å². The lowest BCUT2D eigenvalue weighted by molar-refractivity contribution is -0.134. The van der Waals surface area contributed by atoms with Crippen LogP contribution in [0.3, 0.4) is 0 Å². The van der Waals surface area contributed by atoms with Crippen molar-refractivity contribution in [2.24, 2.45) is 5.92 Å². The molecule has 3 aliphatic heterocycles. The second-order valence-corrected chi connectivity index (χ2v) is 5.66. The molecule has 0 spiro atoms. The summed E-state index contributed by atoms with van der Waals surface area (Å²) in [5.74, 6) is 0.639. The van der Waals surface area contributed by atoms with E-state index in [0.29, 0.717) is 17.5 Å². The summed E-state index contributed by atoms with van der Waals surface area (Å²) in [6, 6.07) is 0.296. The van der Waals surface area contributed by atoms with E-state index in [1.165, 1.54) is 6.42 Å². The van der Waals surface area contributed by atoms with Crippen LogP contribution in [0.15, 0.2) is 4.79 Å². The number of nitrogens with one attached hydrogen (secondary N) is 3. The Bertz CT molecular complexity index is 529. The van der Waals surface area contributed by atoms with E-state index < -0.39 is 0 Å². The summed E-state index contributed by atoms with van der Waals surface area (Å²) in [5.41, 5.74) is 1.15. The number of fused-ring (bicyclic) bond motifs is 4. The van der Waals surface area contributed by atoms with Crippen molar-refractivity contribution in [3.63, 3.8) is 0 Å². The Morgan fingerprint density at radius 1 is 1.32 bits per heavy atom. The lowest BCUT2D eigenvalue weighted by Crippen LogP contribution is -2.48. The molecule has 6 heteroatoms. The van der Waals surface area contributed by atoms with E-state index in [2.05, 4.69) is 15.5 Å². The summed E-state index contributed by atoms with van der Waals surface area (Å²) in [7, 11) is 0. The average molecular weight is 264 g/mol. The van der Waals surface area contributed by atoms with Crippen LogP contribution < -0.4 is 10.9 Å². The van der Waals surface area contributed by atoms with Gasteiger partial charge >= 0.3 is 0 Å². The van der Waals surface area contributed by atoms with E-state index in [0.717, 1.165) is 31.7 Å². The van der Waals surface area contributed by atoms with Crippen molar-refractivity contribution >= 4 is 5.91 Å². The summed E-state index contributed by atoms with van der Waals surface area (Å²) < 4.78 is 0. The standard InChI is InChI=1S/C13H20N4O2/c1-8-11(13(19)16-15-8)4-12(18)17-7-9-2-3-10(17)6-14-5-9/h9-10,14H,2-7H2,1H3,(H2,15,16,19)/t9-,10+/m1/s1. The van der Waals surface area contributed by atoms with E-state index in [1.54, 1.807) is 0 Å². The summed E-state index contributed by atoms with van der Waals surface area (Å²) in [6.45, 7) is 4.53. The maximum absolute atomic E-state index is 12.4. The zero-order chi connectivity index (χ0) is 13.4. The van der Waals surface area contributed by atoms with Gasteiger partial charge in [-0.25, -0.2) is 0 Å². The molecule has 0 aromatic carbocycles. The van der Waals surface area contributed by atoms with Gasteiger partial charge in [0.1, 0.15) is 0 Å². The van der Waals surface area contributed by atoms with Crippen molar-refractivity contribution in [1.29, 1.82) is 0 Å². The van der Waals surface area contributed by atoms with Crippen LogP contribution in [0.1, 0.15) is 24.1 Å². The molecule has 1 aromatic heterocycles. The van der Waals surface area contributed by atoms with Gasteiger partial charge in [-0.15, -0.1) is 0 Å². The monoisotopic (exact) mass is 264 g/mol. The van der Waals surface area contributed by atoms with E-state index in [1.807, 2.05) is 11.8 Å². The molecule has 2 atom stereocenters. The molecular formula is C13H20N4O2. The van der Waals surface area contributed by atoms with E-state index in [9.17, 15) is 9.59 Å². The molecule has 6 nitrogen and oxygen atoms in total. The number of amides is 1. The normalized spacial score (nSPS) is 26.5. The predicted molar refractivity (Wildman–Crippen MR) is 70.9 cm³/mol. The Morgan fingerprint density at radius 3 is 2.89 bits per heavy atom. The van der Waals surface area contributed by atoms with Gasteiger partial charge in [-0.05, 0) is 32.2 Å². The lowest BCUT2D eigenvalue weighted by Gasteiger charge is -2.36. The Balaban J connectivity index is 1.76. The molecule has 1 amide bonds. The quantitative estimate of drug-likeness (QED) is 0.690. The third-order valence-electron chi connectivity index (χ3n) is 4.36. The molecule has 3 saturated heterocycles. The Kier molecular flexibility index (Phi) is 3.18. The third-order valence-corrected chi connectivity index (χ3v) is 4.36. The van der Waals surface area contributed by atoms with E-state index >= 15 is 0 Å². The first-order valence-corrected chi connectivity index (χ1v) is 6.91. The van der Waals surface area contributed by atoms with Crippen LogP contribution >= 0.6 is 0 Å². The Morgan fingerprint density at radius 2 is 2.16 bits per heavy atom. The van der Waals surface area contributed by atoms with Gasteiger partial charge in [0, 0.05) is 30.4 Å².